The molecule has 0 amide bonds. The number of aryl methyl sites for hydroxylation is 2. The average molecular weight is 429 g/mol. The summed E-state index contributed by atoms with van der Waals surface area (Å²) in [6.07, 6.45) is 11.4. The summed E-state index contributed by atoms with van der Waals surface area (Å²) in [5.41, 5.74) is 1.38. The number of nitrogens with zero attached hydrogens (tertiary/aromatic N) is 4. The molecule has 164 valence electrons. The second-order valence-corrected chi connectivity index (χ2v) is 8.86. The van der Waals surface area contributed by atoms with Crippen molar-refractivity contribution in [2.75, 3.05) is 19.8 Å². The molecule has 2 aromatic rings. The molecule has 1 heterocycles. The molecule has 1 saturated carbocycles. The molecular weight excluding hydrogens is 392 g/mol. The smallest absolute Gasteiger partial charge is 0.191 e. The van der Waals surface area contributed by atoms with Crippen LogP contribution in [0.3, 0.4) is 0 Å². The Morgan fingerprint density at radius 1 is 1.20 bits per heavy atom. The number of nitrogens with one attached hydrogen (secondary N) is 2. The Bertz CT molecular complexity index is 782. The molecule has 1 aliphatic rings. The van der Waals surface area contributed by atoms with Crippen LogP contribution in [0.5, 0.6) is 0 Å². The predicted molar refractivity (Wildman–Crippen MR) is 126 cm³/mol. The topological polar surface area (TPSA) is 67.1 Å². The molecule has 0 bridgehead atoms. The van der Waals surface area contributed by atoms with Gasteiger partial charge in [-0.3, -0.25) is 4.99 Å². The van der Waals surface area contributed by atoms with Gasteiger partial charge >= 0.3 is 0 Å². The summed E-state index contributed by atoms with van der Waals surface area (Å²) in [6, 6.07) is 11.6. The molecule has 30 heavy (non-hydrogen) atoms. The minimum atomic E-state index is 0.367. The molecule has 1 aliphatic carbocycles. The normalized spacial score (nSPS) is 16.0. The van der Waals surface area contributed by atoms with E-state index in [1.54, 1.807) is 11.8 Å². The molecule has 0 aliphatic heterocycles. The van der Waals surface area contributed by atoms with Crippen molar-refractivity contribution in [3.63, 3.8) is 0 Å². The van der Waals surface area contributed by atoms with Crippen molar-refractivity contribution in [2.24, 2.45) is 4.99 Å². The SMILES string of the molecule is CN=C(NCCCc1nnc(SC)n1C1CCCC1)NC(C)CCc1ccccc1. The summed E-state index contributed by atoms with van der Waals surface area (Å²) in [7, 11) is 1.83. The van der Waals surface area contributed by atoms with Crippen LogP contribution in [0.15, 0.2) is 40.5 Å². The maximum atomic E-state index is 4.49. The summed E-state index contributed by atoms with van der Waals surface area (Å²) in [6.45, 7) is 3.08. The van der Waals surface area contributed by atoms with Gasteiger partial charge in [0.05, 0.1) is 0 Å². The summed E-state index contributed by atoms with van der Waals surface area (Å²) in [5, 5.41) is 16.9. The molecule has 0 saturated heterocycles. The van der Waals surface area contributed by atoms with Crippen LogP contribution in [0.25, 0.3) is 0 Å². The van der Waals surface area contributed by atoms with Crippen molar-refractivity contribution in [1.82, 2.24) is 25.4 Å². The van der Waals surface area contributed by atoms with E-state index >= 15 is 0 Å². The minimum Gasteiger partial charge on any atom is -0.356 e. The number of hydrogen-bond donors (Lipinski definition) is 2. The van der Waals surface area contributed by atoms with Gasteiger partial charge < -0.3 is 15.2 Å². The second kappa shape index (κ2) is 12.0. The van der Waals surface area contributed by atoms with Crippen molar-refractivity contribution in [1.29, 1.82) is 0 Å². The van der Waals surface area contributed by atoms with Gasteiger partial charge in [0.25, 0.3) is 0 Å². The number of thioether (sulfide) groups is 1. The molecule has 6 nitrogen and oxygen atoms in total. The number of aliphatic imine (C=N–C) groups is 1. The van der Waals surface area contributed by atoms with Gasteiger partial charge in [-0.05, 0) is 50.8 Å². The first-order valence-corrected chi connectivity index (χ1v) is 12.4. The first-order chi connectivity index (χ1) is 14.7. The van der Waals surface area contributed by atoms with E-state index in [0.29, 0.717) is 12.1 Å². The lowest BCUT2D eigenvalue weighted by Crippen LogP contribution is -2.42. The van der Waals surface area contributed by atoms with Crippen LogP contribution < -0.4 is 10.6 Å². The Morgan fingerprint density at radius 2 is 1.97 bits per heavy atom. The third-order valence-corrected chi connectivity index (χ3v) is 6.44. The van der Waals surface area contributed by atoms with Crippen LogP contribution in [-0.4, -0.2) is 46.6 Å². The van der Waals surface area contributed by atoms with E-state index in [9.17, 15) is 0 Å². The fraction of sp³-hybridized carbons (Fsp3) is 0.609. The van der Waals surface area contributed by atoms with Crippen LogP contribution in [0.4, 0.5) is 0 Å². The minimum absolute atomic E-state index is 0.367. The largest absolute Gasteiger partial charge is 0.356 e. The molecule has 0 radical (unpaired) electrons. The zero-order valence-electron chi connectivity index (χ0n) is 18.6. The molecule has 0 spiro atoms. The fourth-order valence-electron chi connectivity index (χ4n) is 4.13. The van der Waals surface area contributed by atoms with E-state index < -0.39 is 0 Å². The molecule has 1 atom stereocenters. The number of aromatic nitrogens is 3. The van der Waals surface area contributed by atoms with Crippen LogP contribution in [0, 0.1) is 0 Å². The predicted octanol–water partition coefficient (Wildman–Crippen LogP) is 4.23. The lowest BCUT2D eigenvalue weighted by atomic mass is 10.1. The molecular formula is C23H36N6S. The van der Waals surface area contributed by atoms with Gasteiger partial charge in [-0.2, -0.15) is 0 Å². The van der Waals surface area contributed by atoms with Crippen molar-refractivity contribution >= 4 is 17.7 Å². The highest BCUT2D eigenvalue weighted by Gasteiger charge is 2.23. The van der Waals surface area contributed by atoms with E-state index in [-0.39, 0.29) is 0 Å². The zero-order chi connectivity index (χ0) is 21.2. The van der Waals surface area contributed by atoms with Gasteiger partial charge in [0, 0.05) is 32.1 Å². The van der Waals surface area contributed by atoms with Gasteiger partial charge in [0.15, 0.2) is 11.1 Å². The van der Waals surface area contributed by atoms with Crippen LogP contribution in [0.1, 0.15) is 62.9 Å². The van der Waals surface area contributed by atoms with Crippen molar-refractivity contribution in [3.05, 3.63) is 41.7 Å². The summed E-state index contributed by atoms with van der Waals surface area (Å²) < 4.78 is 2.40. The average Bonchev–Trinajstić information content (AvgIpc) is 3.44. The second-order valence-electron chi connectivity index (χ2n) is 8.08. The first-order valence-electron chi connectivity index (χ1n) is 11.2. The lowest BCUT2D eigenvalue weighted by Gasteiger charge is -2.18. The highest BCUT2D eigenvalue weighted by atomic mass is 32.2. The van der Waals surface area contributed by atoms with Crippen molar-refractivity contribution < 1.29 is 0 Å². The molecule has 1 aromatic carbocycles. The van der Waals surface area contributed by atoms with Gasteiger partial charge in [0.2, 0.25) is 0 Å². The van der Waals surface area contributed by atoms with Crippen LogP contribution in [0.2, 0.25) is 0 Å². The van der Waals surface area contributed by atoms with E-state index in [0.717, 1.165) is 49.2 Å². The van der Waals surface area contributed by atoms with Crippen molar-refractivity contribution in [3.8, 4) is 0 Å². The quantitative estimate of drug-likeness (QED) is 0.256. The third kappa shape index (κ3) is 6.49. The summed E-state index contributed by atoms with van der Waals surface area (Å²) >= 11 is 1.71. The number of guanidine groups is 1. The highest BCUT2D eigenvalue weighted by Crippen LogP contribution is 2.33. The van der Waals surface area contributed by atoms with Crippen molar-refractivity contribution in [2.45, 2.75) is 75.5 Å². The Morgan fingerprint density at radius 3 is 2.67 bits per heavy atom. The molecule has 7 heteroatoms. The van der Waals surface area contributed by atoms with Gasteiger partial charge in [-0.25, -0.2) is 0 Å². The van der Waals surface area contributed by atoms with Gasteiger partial charge in [-0.1, -0.05) is 54.9 Å². The molecule has 3 rings (SSSR count). The molecule has 1 unspecified atom stereocenters. The Labute approximate surface area is 185 Å². The Hall–Kier alpha value is -2.02. The van der Waals surface area contributed by atoms with Gasteiger partial charge in [-0.15, -0.1) is 10.2 Å². The first kappa shape index (κ1) is 22.7. The summed E-state index contributed by atoms with van der Waals surface area (Å²) in [5.74, 6) is 2.00. The van der Waals surface area contributed by atoms with Crippen LogP contribution >= 0.6 is 11.8 Å². The third-order valence-electron chi connectivity index (χ3n) is 5.79. The Kier molecular flexibility index (Phi) is 9.05. The maximum Gasteiger partial charge on any atom is 0.191 e. The number of hydrogen-bond acceptors (Lipinski definition) is 4. The maximum absolute atomic E-state index is 4.49. The van der Waals surface area contributed by atoms with E-state index in [1.807, 2.05) is 7.05 Å². The van der Waals surface area contributed by atoms with E-state index in [1.165, 1.54) is 31.2 Å². The zero-order valence-corrected chi connectivity index (χ0v) is 19.4. The highest BCUT2D eigenvalue weighted by molar-refractivity contribution is 7.98. The summed E-state index contributed by atoms with van der Waals surface area (Å²) in [4.78, 5) is 4.38. The molecule has 1 fully saturated rings. The van der Waals surface area contributed by atoms with Crippen LogP contribution in [-0.2, 0) is 12.8 Å². The number of benzene rings is 1. The van der Waals surface area contributed by atoms with Gasteiger partial charge in [0.1, 0.15) is 5.82 Å². The van der Waals surface area contributed by atoms with E-state index in [2.05, 4.69) is 73.9 Å². The number of rotatable bonds is 10. The lowest BCUT2D eigenvalue weighted by molar-refractivity contribution is 0.460. The van der Waals surface area contributed by atoms with E-state index in [4.69, 9.17) is 0 Å². The Balaban J connectivity index is 1.41. The molecule has 2 N–H and O–H groups in total. The fourth-order valence-corrected chi connectivity index (χ4v) is 4.70. The monoisotopic (exact) mass is 428 g/mol. The standard InChI is InChI=1S/C23H36N6S/c1-18(15-16-19-10-5-4-6-11-19)26-22(24-2)25-17-9-14-21-27-28-23(30-3)29(21)20-12-7-8-13-20/h4-6,10-11,18,20H,7-9,12-17H2,1-3H3,(H2,24,25,26). The molecule has 1 aromatic heterocycles.